The van der Waals surface area contributed by atoms with Crippen molar-refractivity contribution in [2.24, 2.45) is 5.73 Å². The maximum Gasteiger partial charge on any atom is 0.141 e. The summed E-state index contributed by atoms with van der Waals surface area (Å²) >= 11 is 5.66. The van der Waals surface area contributed by atoms with Gasteiger partial charge >= 0.3 is 0 Å². The molecule has 1 atom stereocenters. The summed E-state index contributed by atoms with van der Waals surface area (Å²) < 4.78 is 12.8. The first-order valence-corrected chi connectivity index (χ1v) is 4.71. The zero-order valence-electron chi connectivity index (χ0n) is 7.56. The van der Waals surface area contributed by atoms with Gasteiger partial charge in [-0.15, -0.1) is 0 Å². The Balaban J connectivity index is 2.95. The van der Waals surface area contributed by atoms with Gasteiger partial charge in [0.25, 0.3) is 0 Å². The smallest absolute Gasteiger partial charge is 0.141 e. The Labute approximate surface area is 82.7 Å². The summed E-state index contributed by atoms with van der Waals surface area (Å²) in [5.74, 6) is -0.101. The highest BCUT2D eigenvalue weighted by Gasteiger charge is 2.08. The van der Waals surface area contributed by atoms with Gasteiger partial charge in [-0.2, -0.15) is 0 Å². The molecule has 13 heavy (non-hydrogen) atoms. The Kier molecular flexibility index (Phi) is 3.70. The van der Waals surface area contributed by atoms with Crippen LogP contribution >= 0.6 is 11.6 Å². The highest BCUT2D eigenvalue weighted by molar-refractivity contribution is 6.30. The van der Waals surface area contributed by atoms with Crippen molar-refractivity contribution in [3.05, 3.63) is 34.6 Å². The molecule has 0 aliphatic rings. The first-order chi connectivity index (χ1) is 6.19. The molecule has 1 aromatic rings. The molecule has 0 aromatic heterocycles. The SMILES string of the molecule is CCC(CN)c1ccc(F)c(Cl)c1. The molecular weight excluding hydrogens is 189 g/mol. The number of rotatable bonds is 3. The van der Waals surface area contributed by atoms with E-state index < -0.39 is 0 Å². The van der Waals surface area contributed by atoms with Crippen LogP contribution in [0, 0.1) is 5.82 Å². The minimum atomic E-state index is -0.378. The van der Waals surface area contributed by atoms with Gasteiger partial charge in [-0.3, -0.25) is 0 Å². The third-order valence-electron chi connectivity index (χ3n) is 2.19. The Hall–Kier alpha value is -0.600. The van der Waals surface area contributed by atoms with E-state index in [9.17, 15) is 4.39 Å². The topological polar surface area (TPSA) is 26.0 Å². The van der Waals surface area contributed by atoms with Gasteiger partial charge in [0.1, 0.15) is 5.82 Å². The van der Waals surface area contributed by atoms with E-state index >= 15 is 0 Å². The van der Waals surface area contributed by atoms with Gasteiger partial charge in [0.15, 0.2) is 0 Å². The lowest BCUT2D eigenvalue weighted by Gasteiger charge is -2.12. The Morgan fingerprint density at radius 3 is 2.69 bits per heavy atom. The van der Waals surface area contributed by atoms with Crippen molar-refractivity contribution in [1.29, 1.82) is 0 Å². The molecule has 0 saturated heterocycles. The molecular formula is C10H13ClFN. The molecule has 0 aliphatic carbocycles. The first-order valence-electron chi connectivity index (χ1n) is 4.34. The van der Waals surface area contributed by atoms with E-state index in [1.807, 2.05) is 0 Å². The fourth-order valence-corrected chi connectivity index (χ4v) is 1.49. The lowest BCUT2D eigenvalue weighted by molar-refractivity contribution is 0.622. The summed E-state index contributed by atoms with van der Waals surface area (Å²) in [7, 11) is 0. The van der Waals surface area contributed by atoms with E-state index in [1.165, 1.54) is 6.07 Å². The van der Waals surface area contributed by atoms with Gasteiger partial charge in [-0.05, 0) is 36.6 Å². The molecule has 72 valence electrons. The summed E-state index contributed by atoms with van der Waals surface area (Å²) in [6.07, 6.45) is 0.943. The molecule has 0 radical (unpaired) electrons. The van der Waals surface area contributed by atoms with Crippen LogP contribution in [0.25, 0.3) is 0 Å². The minimum Gasteiger partial charge on any atom is -0.330 e. The molecule has 0 amide bonds. The number of hydrogen-bond acceptors (Lipinski definition) is 1. The molecule has 3 heteroatoms. The summed E-state index contributed by atoms with van der Waals surface area (Å²) in [4.78, 5) is 0. The fraction of sp³-hybridized carbons (Fsp3) is 0.400. The number of hydrogen-bond donors (Lipinski definition) is 1. The molecule has 2 N–H and O–H groups in total. The average molecular weight is 202 g/mol. The lowest BCUT2D eigenvalue weighted by atomic mass is 9.97. The van der Waals surface area contributed by atoms with Crippen LogP contribution in [-0.2, 0) is 0 Å². The summed E-state index contributed by atoms with van der Waals surface area (Å²) in [6.45, 7) is 2.62. The van der Waals surface area contributed by atoms with Gasteiger partial charge in [0.05, 0.1) is 5.02 Å². The molecule has 1 aromatic carbocycles. The second kappa shape index (κ2) is 4.58. The summed E-state index contributed by atoms with van der Waals surface area (Å²) in [6, 6.07) is 4.77. The van der Waals surface area contributed by atoms with Crippen molar-refractivity contribution >= 4 is 11.6 Å². The zero-order valence-corrected chi connectivity index (χ0v) is 8.31. The Bertz CT molecular complexity index is 284. The molecule has 1 nitrogen and oxygen atoms in total. The van der Waals surface area contributed by atoms with Gasteiger partial charge in [-0.25, -0.2) is 4.39 Å². The van der Waals surface area contributed by atoms with Crippen LogP contribution in [0.15, 0.2) is 18.2 Å². The van der Waals surface area contributed by atoms with Crippen LogP contribution in [0.2, 0.25) is 5.02 Å². The van der Waals surface area contributed by atoms with Gasteiger partial charge in [0.2, 0.25) is 0 Å². The van der Waals surface area contributed by atoms with E-state index in [-0.39, 0.29) is 16.8 Å². The highest BCUT2D eigenvalue weighted by atomic mass is 35.5. The molecule has 0 bridgehead atoms. The normalized spacial score (nSPS) is 12.9. The average Bonchev–Trinajstić information content (AvgIpc) is 2.13. The van der Waals surface area contributed by atoms with Crippen molar-refractivity contribution < 1.29 is 4.39 Å². The molecule has 0 aliphatic heterocycles. The third kappa shape index (κ3) is 2.42. The van der Waals surface area contributed by atoms with E-state index in [0.717, 1.165) is 12.0 Å². The third-order valence-corrected chi connectivity index (χ3v) is 2.48. The lowest BCUT2D eigenvalue weighted by Crippen LogP contribution is -2.11. The van der Waals surface area contributed by atoms with Crippen LogP contribution in [0.4, 0.5) is 4.39 Å². The second-order valence-corrected chi connectivity index (χ2v) is 3.42. The molecule has 0 heterocycles. The zero-order chi connectivity index (χ0) is 9.84. The summed E-state index contributed by atoms with van der Waals surface area (Å²) in [5.41, 5.74) is 6.58. The first kappa shape index (κ1) is 10.5. The Morgan fingerprint density at radius 1 is 1.54 bits per heavy atom. The van der Waals surface area contributed by atoms with E-state index in [4.69, 9.17) is 17.3 Å². The van der Waals surface area contributed by atoms with Gasteiger partial charge in [-0.1, -0.05) is 24.6 Å². The highest BCUT2D eigenvalue weighted by Crippen LogP contribution is 2.23. The monoisotopic (exact) mass is 201 g/mol. The molecule has 0 spiro atoms. The quantitative estimate of drug-likeness (QED) is 0.800. The van der Waals surface area contributed by atoms with Gasteiger partial charge < -0.3 is 5.73 Å². The fourth-order valence-electron chi connectivity index (χ4n) is 1.30. The predicted octanol–water partition coefficient (Wildman–Crippen LogP) is 2.93. The van der Waals surface area contributed by atoms with Crippen LogP contribution in [0.1, 0.15) is 24.8 Å². The van der Waals surface area contributed by atoms with Crippen LogP contribution in [0.5, 0.6) is 0 Å². The maximum atomic E-state index is 12.8. The van der Waals surface area contributed by atoms with E-state index in [1.54, 1.807) is 12.1 Å². The van der Waals surface area contributed by atoms with Crippen molar-refractivity contribution in [1.82, 2.24) is 0 Å². The Morgan fingerprint density at radius 2 is 2.23 bits per heavy atom. The van der Waals surface area contributed by atoms with E-state index in [0.29, 0.717) is 6.54 Å². The maximum absolute atomic E-state index is 12.8. The molecule has 1 rings (SSSR count). The molecule has 1 unspecified atom stereocenters. The number of benzene rings is 1. The van der Waals surface area contributed by atoms with E-state index in [2.05, 4.69) is 6.92 Å². The van der Waals surface area contributed by atoms with Crippen LogP contribution < -0.4 is 5.73 Å². The van der Waals surface area contributed by atoms with Crippen LogP contribution in [-0.4, -0.2) is 6.54 Å². The van der Waals surface area contributed by atoms with Crippen molar-refractivity contribution in [2.75, 3.05) is 6.54 Å². The van der Waals surface area contributed by atoms with Crippen LogP contribution in [0.3, 0.4) is 0 Å². The second-order valence-electron chi connectivity index (χ2n) is 3.01. The number of nitrogens with two attached hydrogens (primary N) is 1. The number of halogens is 2. The van der Waals surface area contributed by atoms with Crippen molar-refractivity contribution in [3.63, 3.8) is 0 Å². The van der Waals surface area contributed by atoms with Crippen molar-refractivity contribution in [2.45, 2.75) is 19.3 Å². The predicted molar refractivity (Wildman–Crippen MR) is 53.5 cm³/mol. The van der Waals surface area contributed by atoms with Crippen molar-refractivity contribution in [3.8, 4) is 0 Å². The standard InChI is InChI=1S/C10H13ClFN/c1-2-7(6-13)8-3-4-10(12)9(11)5-8/h3-5,7H,2,6,13H2,1H3. The minimum absolute atomic E-state index is 0.171. The summed E-state index contributed by atoms with van der Waals surface area (Å²) in [5, 5.41) is 0.171. The van der Waals surface area contributed by atoms with Gasteiger partial charge in [0, 0.05) is 0 Å². The molecule has 0 fully saturated rings. The molecule has 0 saturated carbocycles. The largest absolute Gasteiger partial charge is 0.330 e.